The van der Waals surface area contributed by atoms with Gasteiger partial charge in [-0.1, -0.05) is 42.5 Å². The molecule has 0 amide bonds. The van der Waals surface area contributed by atoms with Crippen molar-refractivity contribution >= 4 is 21.4 Å². The van der Waals surface area contributed by atoms with Gasteiger partial charge in [-0.25, -0.2) is 13.1 Å². The van der Waals surface area contributed by atoms with Crippen molar-refractivity contribution in [1.29, 1.82) is 0 Å². The zero-order chi connectivity index (χ0) is 20.1. The van der Waals surface area contributed by atoms with Crippen LogP contribution in [0.4, 0.5) is 0 Å². The van der Waals surface area contributed by atoms with Gasteiger partial charge in [-0.3, -0.25) is 0 Å². The van der Waals surface area contributed by atoms with Crippen LogP contribution in [0.1, 0.15) is 5.56 Å². The maximum atomic E-state index is 12.7. The number of rotatable bonds is 7. The molecule has 1 heterocycles. The maximum absolute atomic E-state index is 12.7. The van der Waals surface area contributed by atoms with Crippen molar-refractivity contribution in [3.8, 4) is 22.6 Å². The van der Waals surface area contributed by atoms with E-state index in [0.29, 0.717) is 11.5 Å². The van der Waals surface area contributed by atoms with Crippen LogP contribution in [0.25, 0.3) is 11.1 Å². The minimum Gasteiger partial charge on any atom is -0.457 e. The van der Waals surface area contributed by atoms with Gasteiger partial charge in [-0.2, -0.15) is 11.3 Å². The molecule has 1 N–H and O–H groups in total. The second kappa shape index (κ2) is 8.61. The molecule has 29 heavy (non-hydrogen) atoms. The van der Waals surface area contributed by atoms with E-state index in [1.54, 1.807) is 35.6 Å². The van der Waals surface area contributed by atoms with Gasteiger partial charge in [-0.15, -0.1) is 0 Å². The standard InChI is InChI=1S/C23H19NO3S2/c25-29(26,22-12-10-21(11-13-22)27-20-7-2-1-3-8-20)24-16-18-6-4-5-9-23(18)19-14-15-28-17-19/h1-15,17,24H,16H2. The highest BCUT2D eigenvalue weighted by atomic mass is 32.2. The van der Waals surface area contributed by atoms with E-state index in [1.165, 1.54) is 0 Å². The normalized spacial score (nSPS) is 11.3. The summed E-state index contributed by atoms with van der Waals surface area (Å²) in [5.74, 6) is 1.28. The molecule has 0 radical (unpaired) electrons. The Kier molecular flexibility index (Phi) is 5.76. The van der Waals surface area contributed by atoms with Crippen molar-refractivity contribution in [2.45, 2.75) is 11.4 Å². The summed E-state index contributed by atoms with van der Waals surface area (Å²) in [6, 6.07) is 25.6. The van der Waals surface area contributed by atoms with Crippen LogP contribution in [0.15, 0.2) is 101 Å². The predicted molar refractivity (Wildman–Crippen MR) is 117 cm³/mol. The fourth-order valence-corrected chi connectivity index (χ4v) is 4.60. The average Bonchev–Trinajstić information content (AvgIpc) is 3.28. The SMILES string of the molecule is O=S(=O)(NCc1ccccc1-c1ccsc1)c1ccc(Oc2ccccc2)cc1. The number of sulfonamides is 1. The molecular weight excluding hydrogens is 402 g/mol. The van der Waals surface area contributed by atoms with Crippen LogP contribution in [0.5, 0.6) is 11.5 Å². The number of benzene rings is 3. The summed E-state index contributed by atoms with van der Waals surface area (Å²) in [5.41, 5.74) is 3.05. The number of para-hydroxylation sites is 1. The van der Waals surface area contributed by atoms with Gasteiger partial charge in [0.25, 0.3) is 0 Å². The Hall–Kier alpha value is -2.93. The van der Waals surface area contributed by atoms with Gasteiger partial charge in [-0.05, 0) is 69.9 Å². The summed E-state index contributed by atoms with van der Waals surface area (Å²) in [6.45, 7) is 0.219. The molecule has 6 heteroatoms. The number of nitrogens with one attached hydrogen (secondary N) is 1. The Morgan fingerprint density at radius 3 is 2.21 bits per heavy atom. The highest BCUT2D eigenvalue weighted by Crippen LogP contribution is 2.26. The summed E-state index contributed by atoms with van der Waals surface area (Å²) >= 11 is 1.61. The van der Waals surface area contributed by atoms with Crippen molar-refractivity contribution < 1.29 is 13.2 Å². The van der Waals surface area contributed by atoms with E-state index < -0.39 is 10.0 Å². The molecule has 146 valence electrons. The molecular formula is C23H19NO3S2. The van der Waals surface area contributed by atoms with Gasteiger partial charge >= 0.3 is 0 Å². The summed E-state index contributed by atoms with van der Waals surface area (Å²) in [4.78, 5) is 0.200. The summed E-state index contributed by atoms with van der Waals surface area (Å²) in [6.07, 6.45) is 0. The molecule has 0 saturated carbocycles. The number of ether oxygens (including phenoxy) is 1. The monoisotopic (exact) mass is 421 g/mol. The number of hydrogen-bond acceptors (Lipinski definition) is 4. The van der Waals surface area contributed by atoms with Crippen molar-refractivity contribution in [3.63, 3.8) is 0 Å². The molecule has 0 atom stereocenters. The molecule has 0 aliphatic heterocycles. The van der Waals surface area contributed by atoms with Crippen LogP contribution >= 0.6 is 11.3 Å². The minimum atomic E-state index is -3.64. The third-order valence-corrected chi connectivity index (χ3v) is 6.52. The van der Waals surface area contributed by atoms with Crippen LogP contribution in [0.2, 0.25) is 0 Å². The van der Waals surface area contributed by atoms with Gasteiger partial charge in [0.2, 0.25) is 10.0 Å². The lowest BCUT2D eigenvalue weighted by Gasteiger charge is -2.11. The third-order valence-electron chi connectivity index (χ3n) is 4.42. The van der Waals surface area contributed by atoms with Gasteiger partial charge in [0.05, 0.1) is 4.90 Å². The molecule has 0 unspecified atom stereocenters. The first-order valence-electron chi connectivity index (χ1n) is 9.05. The third kappa shape index (κ3) is 4.74. The van der Waals surface area contributed by atoms with E-state index >= 15 is 0 Å². The molecule has 4 nitrogen and oxygen atoms in total. The number of thiophene rings is 1. The number of hydrogen-bond donors (Lipinski definition) is 1. The van der Waals surface area contributed by atoms with Gasteiger partial charge in [0.15, 0.2) is 0 Å². The summed E-state index contributed by atoms with van der Waals surface area (Å²) in [5, 5.41) is 4.06. The average molecular weight is 422 g/mol. The molecule has 0 bridgehead atoms. The Balaban J connectivity index is 1.47. The van der Waals surface area contributed by atoms with Crippen LogP contribution in [-0.2, 0) is 16.6 Å². The lowest BCUT2D eigenvalue weighted by Crippen LogP contribution is -2.23. The van der Waals surface area contributed by atoms with Crippen molar-refractivity contribution in [1.82, 2.24) is 4.72 Å². The van der Waals surface area contributed by atoms with Crippen molar-refractivity contribution in [2.24, 2.45) is 0 Å². The lowest BCUT2D eigenvalue weighted by molar-refractivity contribution is 0.482. The Morgan fingerprint density at radius 2 is 1.48 bits per heavy atom. The lowest BCUT2D eigenvalue weighted by atomic mass is 10.0. The van der Waals surface area contributed by atoms with Crippen LogP contribution in [0.3, 0.4) is 0 Å². The molecule has 0 spiro atoms. The molecule has 4 aromatic rings. The molecule has 0 aliphatic carbocycles. The van der Waals surface area contributed by atoms with Gasteiger partial charge < -0.3 is 4.74 Å². The zero-order valence-corrected chi connectivity index (χ0v) is 17.1. The first kappa shape index (κ1) is 19.4. The highest BCUT2D eigenvalue weighted by molar-refractivity contribution is 7.89. The van der Waals surface area contributed by atoms with Gasteiger partial charge in [0.1, 0.15) is 11.5 Å². The van der Waals surface area contributed by atoms with E-state index in [9.17, 15) is 8.42 Å². The first-order chi connectivity index (χ1) is 14.1. The summed E-state index contributed by atoms with van der Waals surface area (Å²) in [7, 11) is -3.64. The molecule has 0 fully saturated rings. The molecule has 1 aromatic heterocycles. The predicted octanol–water partition coefficient (Wildman–Crippen LogP) is 5.69. The maximum Gasteiger partial charge on any atom is 0.240 e. The van der Waals surface area contributed by atoms with Crippen LogP contribution in [0, 0.1) is 0 Å². The fourth-order valence-electron chi connectivity index (χ4n) is 2.94. The van der Waals surface area contributed by atoms with E-state index in [2.05, 4.69) is 10.1 Å². The van der Waals surface area contributed by atoms with Crippen LogP contribution in [-0.4, -0.2) is 8.42 Å². The van der Waals surface area contributed by atoms with Crippen molar-refractivity contribution in [2.75, 3.05) is 0 Å². The molecule has 3 aromatic carbocycles. The quantitative estimate of drug-likeness (QED) is 0.417. The van der Waals surface area contributed by atoms with E-state index in [4.69, 9.17) is 4.74 Å². The Bertz CT molecular complexity index is 1170. The van der Waals surface area contributed by atoms with Crippen molar-refractivity contribution in [3.05, 3.63) is 101 Å². The van der Waals surface area contributed by atoms with E-state index in [1.807, 2.05) is 66.0 Å². The first-order valence-corrected chi connectivity index (χ1v) is 11.5. The Labute approximate surface area is 174 Å². The largest absolute Gasteiger partial charge is 0.457 e. The smallest absolute Gasteiger partial charge is 0.240 e. The minimum absolute atomic E-state index is 0.200. The van der Waals surface area contributed by atoms with E-state index in [0.717, 1.165) is 16.7 Å². The van der Waals surface area contributed by atoms with Gasteiger partial charge in [0, 0.05) is 6.54 Å². The highest BCUT2D eigenvalue weighted by Gasteiger charge is 2.15. The van der Waals surface area contributed by atoms with Crippen LogP contribution < -0.4 is 9.46 Å². The fraction of sp³-hybridized carbons (Fsp3) is 0.0435. The van der Waals surface area contributed by atoms with E-state index in [-0.39, 0.29) is 11.4 Å². The Morgan fingerprint density at radius 1 is 0.793 bits per heavy atom. The molecule has 0 saturated heterocycles. The zero-order valence-electron chi connectivity index (χ0n) is 15.5. The topological polar surface area (TPSA) is 55.4 Å². The second-order valence-corrected chi connectivity index (χ2v) is 8.93. The summed E-state index contributed by atoms with van der Waals surface area (Å²) < 4.78 is 33.9. The molecule has 4 rings (SSSR count). The second-order valence-electron chi connectivity index (χ2n) is 6.38. The molecule has 0 aliphatic rings.